The zero-order valence-electron chi connectivity index (χ0n) is 10.9. The average Bonchev–Trinajstić information content (AvgIpc) is 2.99. The molecule has 2 aliphatic rings. The molecule has 0 aromatic carbocycles. The number of thioether (sulfide) groups is 1. The molecule has 0 N–H and O–H groups in total. The van der Waals surface area contributed by atoms with E-state index >= 15 is 0 Å². The molecule has 5 heteroatoms. The number of hydrogen-bond donors (Lipinski definition) is 0. The summed E-state index contributed by atoms with van der Waals surface area (Å²) in [5.74, 6) is -0.0848. The van der Waals surface area contributed by atoms with Crippen LogP contribution in [0.25, 0.3) is 6.08 Å². The van der Waals surface area contributed by atoms with Gasteiger partial charge in [-0.05, 0) is 61.0 Å². The van der Waals surface area contributed by atoms with E-state index in [0.29, 0.717) is 0 Å². The van der Waals surface area contributed by atoms with Gasteiger partial charge in [0.25, 0.3) is 5.91 Å². The highest BCUT2D eigenvalue weighted by Gasteiger charge is 2.27. The van der Waals surface area contributed by atoms with E-state index in [1.807, 2.05) is 6.08 Å². The molecule has 1 aromatic rings. The molecule has 0 bridgehead atoms. The molecule has 0 aliphatic carbocycles. The fourth-order valence-electron chi connectivity index (χ4n) is 2.27. The molecule has 0 unspecified atom stereocenters. The summed E-state index contributed by atoms with van der Waals surface area (Å²) in [4.78, 5) is 20.3. The molecular formula is C14H16N2OS2. The molecule has 19 heavy (non-hydrogen) atoms. The number of thiophene rings is 1. The van der Waals surface area contributed by atoms with Crippen molar-refractivity contribution in [2.75, 3.05) is 13.1 Å². The molecule has 0 saturated carbocycles. The molecular weight excluding hydrogens is 276 g/mol. The van der Waals surface area contributed by atoms with Gasteiger partial charge in [-0.25, -0.2) is 0 Å². The summed E-state index contributed by atoms with van der Waals surface area (Å²) >= 11 is 3.20. The maximum absolute atomic E-state index is 12.0. The molecule has 3 rings (SSSR count). The molecule has 1 saturated heterocycles. The Morgan fingerprint density at radius 2 is 2.11 bits per heavy atom. The van der Waals surface area contributed by atoms with Crippen LogP contribution in [0.1, 0.15) is 29.7 Å². The van der Waals surface area contributed by atoms with Gasteiger partial charge in [-0.15, -0.1) is 11.3 Å². The third-order valence-corrected chi connectivity index (χ3v) is 5.41. The summed E-state index contributed by atoms with van der Waals surface area (Å²) < 4.78 is 0. The highest BCUT2D eigenvalue weighted by atomic mass is 32.2. The lowest BCUT2D eigenvalue weighted by Crippen LogP contribution is -2.33. The molecule has 0 radical (unpaired) electrons. The van der Waals surface area contributed by atoms with Gasteiger partial charge < -0.3 is 4.90 Å². The van der Waals surface area contributed by atoms with Crippen molar-refractivity contribution in [2.24, 2.45) is 4.99 Å². The molecule has 2 aliphatic heterocycles. The Morgan fingerprint density at radius 3 is 2.79 bits per heavy atom. The van der Waals surface area contributed by atoms with E-state index in [2.05, 4.69) is 28.3 Å². The minimum absolute atomic E-state index is 0.0848. The Hall–Kier alpha value is -1.07. The lowest BCUT2D eigenvalue weighted by Gasteiger charge is -2.27. The van der Waals surface area contributed by atoms with E-state index < -0.39 is 0 Å². The first-order valence-corrected chi connectivity index (χ1v) is 8.25. The Morgan fingerprint density at radius 1 is 1.32 bits per heavy atom. The molecule has 1 fully saturated rings. The maximum atomic E-state index is 12.0. The van der Waals surface area contributed by atoms with Crippen molar-refractivity contribution in [3.05, 3.63) is 26.8 Å². The van der Waals surface area contributed by atoms with Crippen molar-refractivity contribution in [3.8, 4) is 0 Å². The standard InChI is InChI=1S/C14H16N2OS2/c1-10-5-8-18-11(10)9-12-13(17)15-14(19-12)16-6-3-2-4-7-16/h5,8-9H,2-4,6-7H2,1H3. The van der Waals surface area contributed by atoms with Crippen molar-refractivity contribution >= 4 is 40.2 Å². The van der Waals surface area contributed by atoms with Gasteiger partial charge in [0.05, 0.1) is 4.91 Å². The third-order valence-electron chi connectivity index (χ3n) is 3.40. The number of carbonyl (C=O) groups is 1. The summed E-state index contributed by atoms with van der Waals surface area (Å²) in [5.41, 5.74) is 1.22. The second-order valence-corrected chi connectivity index (χ2v) is 6.78. The Balaban J connectivity index is 1.76. The molecule has 0 atom stereocenters. The van der Waals surface area contributed by atoms with E-state index in [0.717, 1.165) is 28.0 Å². The second kappa shape index (κ2) is 5.51. The molecule has 1 amide bonds. The van der Waals surface area contributed by atoms with Crippen LogP contribution in [-0.4, -0.2) is 29.1 Å². The number of nitrogens with zero attached hydrogens (tertiary/aromatic N) is 2. The minimum Gasteiger partial charge on any atom is -0.351 e. The smallest absolute Gasteiger partial charge is 0.286 e. The van der Waals surface area contributed by atoms with Gasteiger partial charge in [0.2, 0.25) is 0 Å². The van der Waals surface area contributed by atoms with Crippen LogP contribution in [0, 0.1) is 6.92 Å². The Kier molecular flexibility index (Phi) is 3.75. The number of likely N-dealkylation sites (tertiary alicyclic amines) is 1. The predicted octanol–water partition coefficient (Wildman–Crippen LogP) is 3.51. The monoisotopic (exact) mass is 292 g/mol. The highest BCUT2D eigenvalue weighted by molar-refractivity contribution is 8.18. The van der Waals surface area contributed by atoms with Crippen molar-refractivity contribution in [1.29, 1.82) is 0 Å². The van der Waals surface area contributed by atoms with Gasteiger partial charge in [-0.1, -0.05) is 0 Å². The van der Waals surface area contributed by atoms with E-state index in [1.165, 1.54) is 36.6 Å². The second-order valence-electron chi connectivity index (χ2n) is 4.83. The number of amides is 1. The van der Waals surface area contributed by atoms with Crippen molar-refractivity contribution < 1.29 is 4.79 Å². The fourth-order valence-corrected chi connectivity index (χ4v) is 4.15. The van der Waals surface area contributed by atoms with Crippen molar-refractivity contribution in [3.63, 3.8) is 0 Å². The predicted molar refractivity (Wildman–Crippen MR) is 82.5 cm³/mol. The number of piperidine rings is 1. The van der Waals surface area contributed by atoms with E-state index in [-0.39, 0.29) is 5.91 Å². The number of carbonyl (C=O) groups excluding carboxylic acids is 1. The van der Waals surface area contributed by atoms with Crippen molar-refractivity contribution in [2.45, 2.75) is 26.2 Å². The van der Waals surface area contributed by atoms with E-state index in [9.17, 15) is 4.79 Å². The molecule has 100 valence electrons. The minimum atomic E-state index is -0.0848. The lowest BCUT2D eigenvalue weighted by atomic mass is 10.1. The van der Waals surface area contributed by atoms with Gasteiger partial charge in [0.15, 0.2) is 5.17 Å². The number of hydrogen-bond acceptors (Lipinski definition) is 4. The van der Waals surface area contributed by atoms with Gasteiger partial charge in [0, 0.05) is 18.0 Å². The quantitative estimate of drug-likeness (QED) is 0.743. The van der Waals surface area contributed by atoms with Crippen LogP contribution < -0.4 is 0 Å². The summed E-state index contributed by atoms with van der Waals surface area (Å²) in [5, 5.41) is 2.95. The molecule has 3 heterocycles. The van der Waals surface area contributed by atoms with Gasteiger partial charge >= 0.3 is 0 Å². The van der Waals surface area contributed by atoms with E-state index in [4.69, 9.17) is 0 Å². The maximum Gasteiger partial charge on any atom is 0.286 e. The van der Waals surface area contributed by atoms with Crippen LogP contribution in [0.15, 0.2) is 21.3 Å². The Bertz CT molecular complexity index is 554. The number of rotatable bonds is 1. The highest BCUT2D eigenvalue weighted by Crippen LogP contribution is 2.32. The van der Waals surface area contributed by atoms with Crippen LogP contribution in [0.4, 0.5) is 0 Å². The number of aliphatic imine (C=N–C) groups is 1. The zero-order valence-corrected chi connectivity index (χ0v) is 12.5. The average molecular weight is 292 g/mol. The SMILES string of the molecule is Cc1ccsc1C=C1SC(N2CCCCC2)=NC1=O. The van der Waals surface area contributed by atoms with Gasteiger partial charge in [-0.3, -0.25) is 4.79 Å². The topological polar surface area (TPSA) is 32.7 Å². The first-order valence-electron chi connectivity index (χ1n) is 6.55. The van der Waals surface area contributed by atoms with Crippen LogP contribution in [-0.2, 0) is 4.79 Å². The number of aryl methyl sites for hydroxylation is 1. The van der Waals surface area contributed by atoms with Crippen LogP contribution >= 0.6 is 23.1 Å². The normalized spacial score (nSPS) is 22.2. The molecule has 1 aromatic heterocycles. The summed E-state index contributed by atoms with van der Waals surface area (Å²) in [7, 11) is 0. The Labute approximate surface area is 121 Å². The van der Waals surface area contributed by atoms with Crippen LogP contribution in [0.2, 0.25) is 0 Å². The summed E-state index contributed by atoms with van der Waals surface area (Å²) in [6.07, 6.45) is 5.68. The largest absolute Gasteiger partial charge is 0.351 e. The third kappa shape index (κ3) is 2.77. The fraction of sp³-hybridized carbons (Fsp3) is 0.429. The number of amidine groups is 1. The first-order chi connectivity index (χ1) is 9.24. The first kappa shape index (κ1) is 12.9. The van der Waals surface area contributed by atoms with Crippen LogP contribution in [0.3, 0.4) is 0 Å². The van der Waals surface area contributed by atoms with Gasteiger partial charge in [0.1, 0.15) is 0 Å². The van der Waals surface area contributed by atoms with Gasteiger partial charge in [-0.2, -0.15) is 4.99 Å². The summed E-state index contributed by atoms with van der Waals surface area (Å²) in [6.45, 7) is 4.13. The van der Waals surface area contributed by atoms with Crippen LogP contribution in [0.5, 0.6) is 0 Å². The molecule has 3 nitrogen and oxygen atoms in total. The van der Waals surface area contributed by atoms with Crippen molar-refractivity contribution in [1.82, 2.24) is 4.90 Å². The lowest BCUT2D eigenvalue weighted by molar-refractivity contribution is -0.113. The zero-order chi connectivity index (χ0) is 13.2. The van der Waals surface area contributed by atoms with E-state index in [1.54, 1.807) is 11.3 Å². The summed E-state index contributed by atoms with van der Waals surface area (Å²) in [6, 6.07) is 2.08. The molecule has 0 spiro atoms.